The summed E-state index contributed by atoms with van der Waals surface area (Å²) in [5.41, 5.74) is 1.84. The Morgan fingerprint density at radius 3 is 2.82 bits per heavy atom. The summed E-state index contributed by atoms with van der Waals surface area (Å²) in [5, 5.41) is 2.70. The van der Waals surface area contributed by atoms with E-state index in [1.165, 1.54) is 4.31 Å². The van der Waals surface area contributed by atoms with E-state index in [1.54, 1.807) is 0 Å². The van der Waals surface area contributed by atoms with E-state index in [9.17, 15) is 13.2 Å². The Balaban J connectivity index is 1.84. The van der Waals surface area contributed by atoms with Crippen LogP contribution < -0.4 is 9.62 Å². The van der Waals surface area contributed by atoms with E-state index in [4.69, 9.17) is 0 Å². The molecule has 0 spiro atoms. The van der Waals surface area contributed by atoms with Crippen LogP contribution in [0.1, 0.15) is 38.2 Å². The summed E-state index contributed by atoms with van der Waals surface area (Å²) < 4.78 is 26.3. The molecule has 5 nitrogen and oxygen atoms in total. The Morgan fingerprint density at radius 1 is 1.27 bits per heavy atom. The summed E-state index contributed by atoms with van der Waals surface area (Å²) >= 11 is 0. The maximum Gasteiger partial charge on any atom is 0.236 e. The number of nitrogens with one attached hydrogen (secondary N) is 1. The molecule has 1 aromatic carbocycles. The molecule has 0 aliphatic carbocycles. The molecule has 0 bridgehead atoms. The van der Waals surface area contributed by atoms with Gasteiger partial charge in [0.05, 0.1) is 11.4 Å². The van der Waals surface area contributed by atoms with E-state index in [1.807, 2.05) is 24.3 Å². The van der Waals surface area contributed by atoms with Gasteiger partial charge in [-0.3, -0.25) is 9.10 Å². The third kappa shape index (κ3) is 4.22. The van der Waals surface area contributed by atoms with Crippen molar-refractivity contribution in [1.82, 2.24) is 5.32 Å². The minimum atomic E-state index is -3.38. The second-order valence-electron chi connectivity index (χ2n) is 5.57. The summed E-state index contributed by atoms with van der Waals surface area (Å²) in [5.74, 6) is -0.119. The first-order valence-electron chi connectivity index (χ1n) is 7.89. The highest BCUT2D eigenvalue weighted by molar-refractivity contribution is 7.92. The summed E-state index contributed by atoms with van der Waals surface area (Å²) in [6, 6.07) is 7.57. The van der Waals surface area contributed by atoms with Gasteiger partial charge in [0.25, 0.3) is 0 Å². The predicted octanol–water partition coefficient (Wildman–Crippen LogP) is 2.08. The first-order valence-corrected chi connectivity index (χ1v) is 9.50. The van der Waals surface area contributed by atoms with Gasteiger partial charge in [0.15, 0.2) is 0 Å². The van der Waals surface area contributed by atoms with Crippen LogP contribution in [0.15, 0.2) is 24.3 Å². The average Bonchev–Trinajstić information content (AvgIpc) is 2.92. The van der Waals surface area contributed by atoms with Gasteiger partial charge >= 0.3 is 0 Å². The van der Waals surface area contributed by atoms with Gasteiger partial charge in [-0.2, -0.15) is 0 Å². The van der Waals surface area contributed by atoms with Gasteiger partial charge in [-0.1, -0.05) is 38.0 Å². The van der Waals surface area contributed by atoms with Crippen molar-refractivity contribution in [3.8, 4) is 0 Å². The first-order chi connectivity index (χ1) is 10.5. The number of carbonyl (C=O) groups excluding carboxylic acids is 1. The molecule has 1 aliphatic heterocycles. The molecule has 22 heavy (non-hydrogen) atoms. The zero-order valence-corrected chi connectivity index (χ0v) is 13.9. The van der Waals surface area contributed by atoms with Crippen LogP contribution in [-0.2, 0) is 21.2 Å². The number of hydrogen-bond donors (Lipinski definition) is 1. The lowest BCUT2D eigenvalue weighted by atomic mass is 10.2. The van der Waals surface area contributed by atoms with Crippen LogP contribution in [0.3, 0.4) is 0 Å². The molecule has 1 aromatic rings. The van der Waals surface area contributed by atoms with Crippen LogP contribution in [0.2, 0.25) is 0 Å². The molecule has 0 radical (unpaired) electrons. The molecule has 2 rings (SSSR count). The fraction of sp³-hybridized carbons (Fsp3) is 0.562. The van der Waals surface area contributed by atoms with Gasteiger partial charge in [-0.15, -0.1) is 0 Å². The van der Waals surface area contributed by atoms with E-state index in [2.05, 4.69) is 12.2 Å². The molecule has 1 aliphatic rings. The van der Waals surface area contributed by atoms with Crippen LogP contribution in [0, 0.1) is 0 Å². The SMILES string of the molecule is CCCCCC(=O)NCCS(=O)(=O)N1CCc2ccccc21. The molecule has 0 aromatic heterocycles. The fourth-order valence-corrected chi connectivity index (χ4v) is 4.08. The highest BCUT2D eigenvalue weighted by Crippen LogP contribution is 2.29. The fourth-order valence-electron chi connectivity index (χ4n) is 2.65. The molecule has 1 amide bonds. The highest BCUT2D eigenvalue weighted by atomic mass is 32.2. The Kier molecular flexibility index (Phi) is 5.83. The molecule has 0 atom stereocenters. The highest BCUT2D eigenvalue weighted by Gasteiger charge is 2.28. The van der Waals surface area contributed by atoms with E-state index < -0.39 is 10.0 Å². The van der Waals surface area contributed by atoms with Crippen LogP contribution in [0.25, 0.3) is 0 Å². The number of hydrogen-bond acceptors (Lipinski definition) is 3. The van der Waals surface area contributed by atoms with E-state index >= 15 is 0 Å². The molecular formula is C16H24N2O3S. The lowest BCUT2D eigenvalue weighted by Crippen LogP contribution is -2.36. The quantitative estimate of drug-likeness (QED) is 0.745. The monoisotopic (exact) mass is 324 g/mol. The zero-order chi connectivity index (χ0) is 16.0. The van der Waals surface area contributed by atoms with Crippen molar-refractivity contribution in [2.45, 2.75) is 39.0 Å². The van der Waals surface area contributed by atoms with Crippen LogP contribution >= 0.6 is 0 Å². The molecular weight excluding hydrogens is 300 g/mol. The third-order valence-electron chi connectivity index (χ3n) is 3.87. The molecule has 0 fully saturated rings. The van der Waals surface area contributed by atoms with Gasteiger partial charge in [-0.25, -0.2) is 8.42 Å². The van der Waals surface area contributed by atoms with Gasteiger partial charge in [-0.05, 0) is 24.5 Å². The number of nitrogens with zero attached hydrogens (tertiary/aromatic N) is 1. The predicted molar refractivity (Wildman–Crippen MR) is 88.4 cm³/mol. The minimum Gasteiger partial charge on any atom is -0.355 e. The first kappa shape index (κ1) is 16.8. The van der Waals surface area contributed by atoms with Crippen LogP contribution in [0.5, 0.6) is 0 Å². The number of amides is 1. The Bertz CT molecular complexity index is 614. The molecule has 1 N–H and O–H groups in total. The van der Waals surface area contributed by atoms with E-state index in [0.717, 1.165) is 36.9 Å². The lowest BCUT2D eigenvalue weighted by Gasteiger charge is -2.19. The average molecular weight is 324 g/mol. The van der Waals surface area contributed by atoms with E-state index in [-0.39, 0.29) is 18.2 Å². The summed E-state index contributed by atoms with van der Waals surface area (Å²) in [7, 11) is -3.38. The largest absolute Gasteiger partial charge is 0.355 e. The summed E-state index contributed by atoms with van der Waals surface area (Å²) in [6.07, 6.45) is 4.17. The van der Waals surface area contributed by atoms with Crippen molar-refractivity contribution in [2.24, 2.45) is 0 Å². The molecule has 122 valence electrons. The zero-order valence-electron chi connectivity index (χ0n) is 13.0. The van der Waals surface area contributed by atoms with Gasteiger partial charge in [0, 0.05) is 19.5 Å². The summed E-state index contributed by atoms with van der Waals surface area (Å²) in [4.78, 5) is 11.6. The standard InChI is InChI=1S/C16H24N2O3S/c1-2-3-4-9-16(19)17-11-13-22(20,21)18-12-10-14-7-5-6-8-15(14)18/h5-8H,2-4,9-13H2,1H3,(H,17,19). The Labute approximate surface area is 132 Å². The van der Waals surface area contributed by atoms with Gasteiger partial charge in [0.2, 0.25) is 15.9 Å². The number of fused-ring (bicyclic) bond motifs is 1. The number of unbranched alkanes of at least 4 members (excludes halogenated alkanes) is 2. The van der Waals surface area contributed by atoms with Crippen molar-refractivity contribution in [2.75, 3.05) is 23.1 Å². The maximum absolute atomic E-state index is 12.4. The van der Waals surface area contributed by atoms with Gasteiger partial charge < -0.3 is 5.32 Å². The molecule has 0 unspecified atom stereocenters. The molecule has 1 heterocycles. The number of para-hydroxylation sites is 1. The Hall–Kier alpha value is -1.56. The van der Waals surface area contributed by atoms with Crippen molar-refractivity contribution in [3.05, 3.63) is 29.8 Å². The topological polar surface area (TPSA) is 66.5 Å². The smallest absolute Gasteiger partial charge is 0.236 e. The van der Waals surface area contributed by atoms with Crippen molar-refractivity contribution in [3.63, 3.8) is 0 Å². The number of rotatable bonds is 8. The van der Waals surface area contributed by atoms with Crippen LogP contribution in [-0.4, -0.2) is 33.2 Å². The normalized spacial score (nSPS) is 14.0. The van der Waals surface area contributed by atoms with Gasteiger partial charge in [0.1, 0.15) is 0 Å². The molecule has 6 heteroatoms. The second kappa shape index (κ2) is 7.63. The summed E-state index contributed by atoms with van der Waals surface area (Å²) in [6.45, 7) is 2.75. The third-order valence-corrected chi connectivity index (χ3v) is 5.64. The lowest BCUT2D eigenvalue weighted by molar-refractivity contribution is -0.121. The Morgan fingerprint density at radius 2 is 2.05 bits per heavy atom. The number of sulfonamides is 1. The number of benzene rings is 1. The molecule has 0 saturated heterocycles. The van der Waals surface area contributed by atoms with E-state index in [0.29, 0.717) is 13.0 Å². The van der Waals surface area contributed by atoms with Crippen LogP contribution in [0.4, 0.5) is 5.69 Å². The van der Waals surface area contributed by atoms with Crippen molar-refractivity contribution in [1.29, 1.82) is 0 Å². The maximum atomic E-state index is 12.4. The second-order valence-corrected chi connectivity index (χ2v) is 7.59. The van der Waals surface area contributed by atoms with Crippen molar-refractivity contribution < 1.29 is 13.2 Å². The molecule has 0 saturated carbocycles. The number of carbonyl (C=O) groups is 1. The van der Waals surface area contributed by atoms with Crippen molar-refractivity contribution >= 4 is 21.6 Å². The number of anilines is 1. The minimum absolute atomic E-state index is 0.0547.